The number of carbonyl (C=O) groups is 3. The number of carbonyl (C=O) groups excluding carboxylic acids is 2. The molecule has 0 bridgehead atoms. The average molecular weight is 414 g/mol. The Bertz CT molecular complexity index is 603. The molecule has 1 aliphatic rings. The van der Waals surface area contributed by atoms with Crippen molar-refractivity contribution >= 4 is 17.8 Å². The molecule has 0 heterocycles. The first-order valence-electron chi connectivity index (χ1n) is 10.4. The molecule has 29 heavy (non-hydrogen) atoms. The van der Waals surface area contributed by atoms with Crippen molar-refractivity contribution in [2.75, 3.05) is 27.7 Å². The molecular formula is C22H41N2O5+. The fourth-order valence-electron chi connectivity index (χ4n) is 5.49. The van der Waals surface area contributed by atoms with Crippen LogP contribution in [-0.2, 0) is 19.1 Å². The number of nitrogens with zero attached hydrogens (tertiary/aromatic N) is 1. The third-order valence-electron chi connectivity index (χ3n) is 5.14. The van der Waals surface area contributed by atoms with Gasteiger partial charge in [0.2, 0.25) is 5.91 Å². The summed E-state index contributed by atoms with van der Waals surface area (Å²) in [6.45, 7) is 11.4. The number of hydrogen-bond donors (Lipinski definition) is 2. The summed E-state index contributed by atoms with van der Waals surface area (Å²) in [4.78, 5) is 35.8. The predicted molar refractivity (Wildman–Crippen MR) is 112 cm³/mol. The van der Waals surface area contributed by atoms with Crippen LogP contribution >= 0.6 is 0 Å². The first kappa shape index (κ1) is 25.4. The van der Waals surface area contributed by atoms with Gasteiger partial charge in [0.15, 0.2) is 6.10 Å². The zero-order chi connectivity index (χ0) is 22.7. The molecule has 0 aromatic heterocycles. The Kier molecular flexibility index (Phi) is 7.91. The van der Waals surface area contributed by atoms with Crippen molar-refractivity contribution in [3.05, 3.63) is 0 Å². The lowest BCUT2D eigenvalue weighted by atomic mass is 9.59. The first-order chi connectivity index (χ1) is 12.9. The molecule has 1 fully saturated rings. The SMILES string of the molecule is CC1(C)CC(C)(C)CC(C)(NC(=O)CCC(=O)O[C@H](CC(=O)O)C[N+](C)(C)C)C1. The van der Waals surface area contributed by atoms with Gasteiger partial charge in [-0.3, -0.25) is 14.4 Å². The Morgan fingerprint density at radius 1 is 0.966 bits per heavy atom. The molecule has 7 heteroatoms. The highest BCUT2D eigenvalue weighted by atomic mass is 16.5. The normalized spacial score (nSPS) is 21.1. The Balaban J connectivity index is 2.60. The maximum Gasteiger partial charge on any atom is 0.307 e. The monoisotopic (exact) mass is 413 g/mol. The zero-order valence-electron chi connectivity index (χ0n) is 19.6. The van der Waals surface area contributed by atoms with E-state index < -0.39 is 18.0 Å². The Morgan fingerprint density at radius 2 is 1.48 bits per heavy atom. The molecule has 1 atom stereocenters. The standard InChI is InChI=1S/C22H40N2O5/c1-20(2)13-21(3,4)15-22(5,14-20)23-17(25)9-10-19(28)29-16(11-18(26)27)12-24(6,7)8/h16H,9-15H2,1-8H3,(H-,23,25,26,27)/p+1/t16-/m1/s1. The van der Waals surface area contributed by atoms with Crippen molar-refractivity contribution in [2.24, 2.45) is 10.8 Å². The first-order valence-corrected chi connectivity index (χ1v) is 10.4. The number of esters is 1. The molecule has 0 saturated heterocycles. The molecule has 1 saturated carbocycles. The molecule has 0 aromatic carbocycles. The van der Waals surface area contributed by atoms with Crippen LogP contribution in [0.2, 0.25) is 0 Å². The predicted octanol–water partition coefficient (Wildman–Crippen LogP) is 2.97. The summed E-state index contributed by atoms with van der Waals surface area (Å²) in [7, 11) is 5.72. The van der Waals surface area contributed by atoms with E-state index in [1.54, 1.807) is 0 Å². The number of amides is 1. The number of carboxylic acids is 1. The number of nitrogens with one attached hydrogen (secondary N) is 1. The number of likely N-dealkylation sites (N-methyl/N-ethyl adjacent to an activating group) is 1. The molecule has 7 nitrogen and oxygen atoms in total. The average Bonchev–Trinajstić information content (AvgIpc) is 2.37. The van der Waals surface area contributed by atoms with Gasteiger partial charge in [0.05, 0.1) is 34.0 Å². The van der Waals surface area contributed by atoms with Gasteiger partial charge in [-0.25, -0.2) is 0 Å². The van der Waals surface area contributed by atoms with Crippen LogP contribution in [0, 0.1) is 10.8 Å². The van der Waals surface area contributed by atoms with Crippen molar-refractivity contribution in [1.29, 1.82) is 0 Å². The third-order valence-corrected chi connectivity index (χ3v) is 5.14. The summed E-state index contributed by atoms with van der Waals surface area (Å²) in [5, 5.41) is 12.2. The van der Waals surface area contributed by atoms with Crippen LogP contribution in [0.25, 0.3) is 0 Å². The second kappa shape index (κ2) is 9.02. The lowest BCUT2D eigenvalue weighted by Gasteiger charge is -2.51. The van der Waals surface area contributed by atoms with Gasteiger partial charge in [0, 0.05) is 12.0 Å². The number of carboxylic acid groups (broad SMARTS) is 1. The van der Waals surface area contributed by atoms with Crippen molar-refractivity contribution in [3.63, 3.8) is 0 Å². The Labute approximate surface area is 175 Å². The van der Waals surface area contributed by atoms with Gasteiger partial charge in [0.1, 0.15) is 6.54 Å². The lowest BCUT2D eigenvalue weighted by molar-refractivity contribution is -0.873. The Hall–Kier alpha value is -1.63. The highest BCUT2D eigenvalue weighted by Gasteiger charge is 2.45. The summed E-state index contributed by atoms with van der Waals surface area (Å²) >= 11 is 0. The minimum Gasteiger partial charge on any atom is -0.481 e. The quantitative estimate of drug-likeness (QED) is 0.448. The zero-order valence-corrected chi connectivity index (χ0v) is 19.6. The van der Waals surface area contributed by atoms with E-state index in [0.717, 1.165) is 19.3 Å². The second-order valence-corrected chi connectivity index (χ2v) is 11.7. The summed E-state index contributed by atoms with van der Waals surface area (Å²) in [5.74, 6) is -1.71. The molecule has 1 amide bonds. The van der Waals surface area contributed by atoms with E-state index in [-0.39, 0.29) is 41.5 Å². The number of aliphatic carboxylic acids is 1. The Morgan fingerprint density at radius 3 is 1.93 bits per heavy atom. The van der Waals surface area contributed by atoms with Crippen molar-refractivity contribution in [1.82, 2.24) is 5.32 Å². The minimum atomic E-state index is -1.01. The molecule has 0 aromatic rings. The molecule has 1 aliphatic carbocycles. The summed E-state index contributed by atoms with van der Waals surface area (Å²) < 4.78 is 5.84. The van der Waals surface area contributed by atoms with E-state index >= 15 is 0 Å². The summed E-state index contributed by atoms with van der Waals surface area (Å²) in [6.07, 6.45) is 1.93. The number of quaternary nitrogens is 1. The third kappa shape index (κ3) is 10.1. The van der Waals surface area contributed by atoms with E-state index in [1.807, 2.05) is 21.1 Å². The molecular weight excluding hydrogens is 372 g/mol. The number of ether oxygens (including phenoxy) is 1. The fourth-order valence-corrected chi connectivity index (χ4v) is 5.49. The van der Waals surface area contributed by atoms with Gasteiger partial charge < -0.3 is 19.6 Å². The van der Waals surface area contributed by atoms with E-state index in [9.17, 15) is 14.4 Å². The van der Waals surface area contributed by atoms with Crippen LogP contribution in [0.5, 0.6) is 0 Å². The molecule has 2 N–H and O–H groups in total. The molecule has 1 rings (SSSR count). The van der Waals surface area contributed by atoms with E-state index in [1.165, 1.54) is 0 Å². The van der Waals surface area contributed by atoms with Gasteiger partial charge in [-0.05, 0) is 37.0 Å². The minimum absolute atomic E-state index is 0.0411. The number of hydrogen-bond acceptors (Lipinski definition) is 4. The smallest absolute Gasteiger partial charge is 0.307 e. The van der Waals surface area contributed by atoms with Gasteiger partial charge in [-0.15, -0.1) is 0 Å². The van der Waals surface area contributed by atoms with E-state index in [0.29, 0.717) is 11.0 Å². The van der Waals surface area contributed by atoms with Gasteiger partial charge in [-0.2, -0.15) is 0 Å². The molecule has 0 unspecified atom stereocenters. The molecule has 168 valence electrons. The topological polar surface area (TPSA) is 92.7 Å². The van der Waals surface area contributed by atoms with Crippen LogP contribution in [0.1, 0.15) is 73.1 Å². The molecule has 0 spiro atoms. The van der Waals surface area contributed by atoms with Crippen molar-refractivity contribution in [2.45, 2.75) is 84.8 Å². The lowest BCUT2D eigenvalue weighted by Crippen LogP contribution is -2.54. The highest BCUT2D eigenvalue weighted by molar-refractivity contribution is 5.82. The highest BCUT2D eigenvalue weighted by Crippen LogP contribution is 2.49. The molecule has 0 radical (unpaired) electrons. The van der Waals surface area contributed by atoms with E-state index in [4.69, 9.17) is 9.84 Å². The van der Waals surface area contributed by atoms with Crippen LogP contribution in [0.4, 0.5) is 0 Å². The largest absolute Gasteiger partial charge is 0.481 e. The second-order valence-electron chi connectivity index (χ2n) is 11.7. The van der Waals surface area contributed by atoms with Crippen LogP contribution in [0.15, 0.2) is 0 Å². The van der Waals surface area contributed by atoms with Gasteiger partial charge in [-0.1, -0.05) is 27.7 Å². The maximum absolute atomic E-state index is 12.5. The van der Waals surface area contributed by atoms with Crippen LogP contribution < -0.4 is 5.32 Å². The maximum atomic E-state index is 12.5. The van der Waals surface area contributed by atoms with Gasteiger partial charge in [0.25, 0.3) is 0 Å². The summed E-state index contributed by atoms with van der Waals surface area (Å²) in [6, 6.07) is 0. The molecule has 0 aliphatic heterocycles. The van der Waals surface area contributed by atoms with Crippen molar-refractivity contribution < 1.29 is 28.7 Å². The van der Waals surface area contributed by atoms with Gasteiger partial charge >= 0.3 is 11.9 Å². The summed E-state index contributed by atoms with van der Waals surface area (Å²) in [5.41, 5.74) is -0.0300. The van der Waals surface area contributed by atoms with Crippen LogP contribution in [0.3, 0.4) is 0 Å². The number of rotatable bonds is 9. The van der Waals surface area contributed by atoms with Crippen LogP contribution in [-0.4, -0.2) is 66.8 Å². The van der Waals surface area contributed by atoms with E-state index in [2.05, 4.69) is 39.9 Å². The van der Waals surface area contributed by atoms with Crippen molar-refractivity contribution in [3.8, 4) is 0 Å². The fraction of sp³-hybridized carbons (Fsp3) is 0.864.